The average Bonchev–Trinajstić information content (AvgIpc) is 2.40. The molecule has 19 heavy (non-hydrogen) atoms. The van der Waals surface area contributed by atoms with Gasteiger partial charge in [-0.05, 0) is 12.1 Å². The molecule has 0 N–H and O–H groups in total. The second kappa shape index (κ2) is 7.04. The lowest BCUT2D eigenvalue weighted by molar-refractivity contribution is 0.372. The molecule has 2 heterocycles. The predicted octanol–water partition coefficient (Wildman–Crippen LogP) is 2.73. The van der Waals surface area contributed by atoms with E-state index in [2.05, 4.69) is 14.3 Å². The summed E-state index contributed by atoms with van der Waals surface area (Å²) in [7, 11) is -5.99. The number of nitrogens with zero attached hydrogens (tertiary/aromatic N) is 2. The Morgan fingerprint density at radius 3 is 1.63 bits per heavy atom. The summed E-state index contributed by atoms with van der Waals surface area (Å²) in [6.45, 7) is 0. The largest absolute Gasteiger partial charge is 0.408 e. The number of hydrogen-bond donors (Lipinski definition) is 0. The van der Waals surface area contributed by atoms with Crippen molar-refractivity contribution in [3.05, 3.63) is 48.8 Å². The summed E-state index contributed by atoms with van der Waals surface area (Å²) in [5.41, 5.74) is 0. The molecule has 2 aromatic rings. The molecule has 7 nitrogen and oxygen atoms in total. The van der Waals surface area contributed by atoms with Gasteiger partial charge in [-0.2, -0.15) is 0 Å². The minimum absolute atomic E-state index is 0.124. The molecule has 2 rings (SSSR count). The first kappa shape index (κ1) is 13.7. The monoisotopic (exact) mass is 300 g/mol. The van der Waals surface area contributed by atoms with Crippen molar-refractivity contribution >= 4 is 16.5 Å². The van der Waals surface area contributed by atoms with Gasteiger partial charge in [0.25, 0.3) is 0 Å². The summed E-state index contributed by atoms with van der Waals surface area (Å²) in [5.74, 6) is 0.248. The number of hydrogen-bond acceptors (Lipinski definition) is 7. The maximum atomic E-state index is 11.4. The summed E-state index contributed by atoms with van der Waals surface area (Å²) in [5, 5.41) is 0. The third-order valence-corrected chi connectivity index (χ3v) is 3.90. The summed E-state index contributed by atoms with van der Waals surface area (Å²) >= 11 is 0. The molecule has 100 valence electrons. The smallest absolute Gasteiger partial charge is 0.376 e. The first-order valence-electron chi connectivity index (χ1n) is 5.17. The predicted molar refractivity (Wildman–Crippen MR) is 68.8 cm³/mol. The van der Waals surface area contributed by atoms with Gasteiger partial charge < -0.3 is 9.05 Å². The zero-order valence-corrected chi connectivity index (χ0v) is 11.6. The van der Waals surface area contributed by atoms with Crippen molar-refractivity contribution in [3.8, 4) is 11.8 Å². The Morgan fingerprint density at radius 2 is 1.26 bits per heavy atom. The van der Waals surface area contributed by atoms with E-state index in [1.165, 1.54) is 24.5 Å². The molecule has 2 atom stereocenters. The van der Waals surface area contributed by atoms with Crippen LogP contribution in [0.4, 0.5) is 0 Å². The molecule has 0 aliphatic rings. The van der Waals surface area contributed by atoms with Crippen molar-refractivity contribution in [2.45, 2.75) is 0 Å². The normalized spacial score (nSPS) is 13.5. The fourth-order valence-corrected chi connectivity index (χ4v) is 2.56. The zero-order valence-electron chi connectivity index (χ0n) is 9.55. The van der Waals surface area contributed by atoms with Crippen molar-refractivity contribution in [1.82, 2.24) is 9.97 Å². The molecule has 0 aromatic carbocycles. The summed E-state index contributed by atoms with van der Waals surface area (Å²) in [6, 6.07) is 9.68. The number of aromatic nitrogens is 2. The lowest BCUT2D eigenvalue weighted by Crippen LogP contribution is -1.88. The van der Waals surface area contributed by atoms with E-state index in [9.17, 15) is 9.13 Å². The van der Waals surface area contributed by atoms with E-state index in [1.807, 2.05) is 0 Å². The highest BCUT2D eigenvalue weighted by molar-refractivity contribution is 7.48. The average molecular weight is 300 g/mol. The first-order chi connectivity index (χ1) is 9.24. The SMILES string of the molecule is O=[PH](Oc1ccccn1)O[PH](=O)Oc1ccccn1. The van der Waals surface area contributed by atoms with E-state index in [1.54, 1.807) is 24.3 Å². The fourth-order valence-electron chi connectivity index (χ4n) is 1.10. The molecule has 0 amide bonds. The van der Waals surface area contributed by atoms with Gasteiger partial charge >= 0.3 is 16.5 Å². The molecule has 0 bridgehead atoms. The van der Waals surface area contributed by atoms with Crippen LogP contribution >= 0.6 is 16.5 Å². The van der Waals surface area contributed by atoms with Crippen molar-refractivity contribution in [2.75, 3.05) is 0 Å². The molecule has 0 aliphatic carbocycles. The molecule has 0 fully saturated rings. The quantitative estimate of drug-likeness (QED) is 0.758. The van der Waals surface area contributed by atoms with Gasteiger partial charge in [-0.3, -0.25) is 0 Å². The van der Waals surface area contributed by atoms with Gasteiger partial charge in [0.15, 0.2) is 0 Å². The van der Waals surface area contributed by atoms with Gasteiger partial charge in [-0.1, -0.05) is 12.1 Å². The van der Waals surface area contributed by atoms with Gasteiger partial charge in [0.05, 0.1) is 0 Å². The molecule has 0 saturated carbocycles. The molecule has 0 spiro atoms. The first-order valence-corrected chi connectivity index (χ1v) is 7.62. The van der Waals surface area contributed by atoms with Crippen LogP contribution in [0.3, 0.4) is 0 Å². The fraction of sp³-hybridized carbons (Fsp3) is 0. The topological polar surface area (TPSA) is 87.6 Å². The Bertz CT molecular complexity index is 515. The standard InChI is InChI=1S/C10H10N2O5P2/c13-18(15-9-5-1-3-7-11-9)17-19(14)16-10-6-2-4-8-12-10/h1-8,18-19H. The minimum Gasteiger partial charge on any atom is -0.408 e. The van der Waals surface area contributed by atoms with Crippen LogP contribution in [0.1, 0.15) is 0 Å². The van der Waals surface area contributed by atoms with E-state index in [-0.39, 0.29) is 11.8 Å². The number of pyridine rings is 2. The second-order valence-electron chi connectivity index (χ2n) is 3.14. The maximum absolute atomic E-state index is 11.4. The maximum Gasteiger partial charge on any atom is 0.376 e. The Balaban J connectivity index is 1.84. The highest BCUT2D eigenvalue weighted by atomic mass is 31.2. The van der Waals surface area contributed by atoms with Crippen LogP contribution in [0.5, 0.6) is 11.8 Å². The third-order valence-electron chi connectivity index (χ3n) is 1.82. The Kier molecular flexibility index (Phi) is 5.10. The van der Waals surface area contributed by atoms with E-state index in [0.29, 0.717) is 0 Å². The zero-order chi connectivity index (χ0) is 13.5. The summed E-state index contributed by atoms with van der Waals surface area (Å²) in [4.78, 5) is 7.58. The summed E-state index contributed by atoms with van der Waals surface area (Å²) in [6.07, 6.45) is 2.94. The van der Waals surface area contributed by atoms with E-state index in [0.717, 1.165) is 0 Å². The summed E-state index contributed by atoms with van der Waals surface area (Å²) < 4.78 is 37.2. The van der Waals surface area contributed by atoms with Gasteiger partial charge in [0, 0.05) is 24.5 Å². The van der Waals surface area contributed by atoms with E-state index in [4.69, 9.17) is 9.05 Å². The minimum atomic E-state index is -2.99. The van der Waals surface area contributed by atoms with Crippen LogP contribution in [-0.4, -0.2) is 9.97 Å². The number of rotatable bonds is 6. The van der Waals surface area contributed by atoms with Gasteiger partial charge in [0.1, 0.15) is 0 Å². The van der Waals surface area contributed by atoms with Crippen molar-refractivity contribution in [1.29, 1.82) is 0 Å². The van der Waals surface area contributed by atoms with Crippen molar-refractivity contribution in [2.24, 2.45) is 0 Å². The highest BCUT2D eigenvalue weighted by Gasteiger charge is 2.10. The van der Waals surface area contributed by atoms with Crippen molar-refractivity contribution < 1.29 is 22.5 Å². The molecular formula is C10H10N2O5P2. The molecule has 0 saturated heterocycles. The van der Waals surface area contributed by atoms with Crippen LogP contribution < -0.4 is 9.05 Å². The van der Waals surface area contributed by atoms with Gasteiger partial charge in [-0.15, -0.1) is 0 Å². The molecule has 9 heteroatoms. The Labute approximate surface area is 110 Å². The van der Waals surface area contributed by atoms with Gasteiger partial charge in [-0.25, -0.2) is 23.4 Å². The molecular weight excluding hydrogens is 290 g/mol. The molecule has 2 unspecified atom stereocenters. The van der Waals surface area contributed by atoms with E-state index < -0.39 is 16.5 Å². The molecule has 0 aliphatic heterocycles. The third kappa shape index (κ3) is 4.83. The van der Waals surface area contributed by atoms with Crippen LogP contribution in [0.25, 0.3) is 0 Å². The van der Waals surface area contributed by atoms with Crippen LogP contribution in [0.15, 0.2) is 48.8 Å². The second-order valence-corrected chi connectivity index (χ2v) is 5.37. The van der Waals surface area contributed by atoms with Crippen LogP contribution in [0.2, 0.25) is 0 Å². The Morgan fingerprint density at radius 1 is 0.789 bits per heavy atom. The lowest BCUT2D eigenvalue weighted by Gasteiger charge is -2.06. The van der Waals surface area contributed by atoms with Gasteiger partial charge in [0.2, 0.25) is 11.8 Å². The molecule has 0 radical (unpaired) electrons. The van der Waals surface area contributed by atoms with E-state index >= 15 is 0 Å². The highest BCUT2D eigenvalue weighted by Crippen LogP contribution is 2.39. The van der Waals surface area contributed by atoms with Crippen molar-refractivity contribution in [3.63, 3.8) is 0 Å². The van der Waals surface area contributed by atoms with Crippen LogP contribution in [0, 0.1) is 0 Å². The lowest BCUT2D eigenvalue weighted by atomic mass is 10.5. The molecule has 2 aromatic heterocycles. The van der Waals surface area contributed by atoms with Crippen LogP contribution in [-0.2, 0) is 13.4 Å². The Hall–Kier alpha value is -1.68.